The zero-order chi connectivity index (χ0) is 21.5. The van der Waals surface area contributed by atoms with E-state index in [0.717, 1.165) is 11.3 Å². The lowest BCUT2D eigenvalue weighted by Crippen LogP contribution is -2.28. The number of carbonyl (C=O) groups excluding carboxylic acids is 2. The Kier molecular flexibility index (Phi) is 7.06. The van der Waals surface area contributed by atoms with Gasteiger partial charge >= 0.3 is 5.97 Å². The molecule has 2 aromatic rings. The van der Waals surface area contributed by atoms with E-state index in [1.807, 2.05) is 44.2 Å². The van der Waals surface area contributed by atoms with Crippen LogP contribution in [0, 0.1) is 5.92 Å². The van der Waals surface area contributed by atoms with Crippen molar-refractivity contribution in [2.45, 2.75) is 20.3 Å². The Morgan fingerprint density at radius 1 is 1.10 bits per heavy atom. The molecule has 7 nitrogen and oxygen atoms in total. The topological polar surface area (TPSA) is 77.4 Å². The van der Waals surface area contributed by atoms with E-state index in [0.29, 0.717) is 37.0 Å². The molecule has 0 saturated carbocycles. The first-order valence-corrected chi connectivity index (χ1v) is 9.89. The monoisotopic (exact) mass is 410 g/mol. The van der Waals surface area contributed by atoms with Crippen LogP contribution >= 0.6 is 0 Å². The molecule has 3 rings (SSSR count). The molecule has 2 aromatic carbocycles. The summed E-state index contributed by atoms with van der Waals surface area (Å²) in [5, 5.41) is 5.70. The average Bonchev–Trinajstić information content (AvgIpc) is 3.26. The number of hydrazone groups is 1. The van der Waals surface area contributed by atoms with E-state index in [2.05, 4.69) is 5.10 Å². The molecule has 0 saturated heterocycles. The molecule has 0 unspecified atom stereocenters. The number of rotatable bonds is 8. The summed E-state index contributed by atoms with van der Waals surface area (Å²) in [6, 6.07) is 14.5. The minimum absolute atomic E-state index is 0.284. The second-order valence-corrected chi connectivity index (χ2v) is 7.33. The Hall–Kier alpha value is -3.35. The van der Waals surface area contributed by atoms with Crippen molar-refractivity contribution >= 4 is 17.6 Å². The molecule has 0 aromatic heterocycles. The summed E-state index contributed by atoms with van der Waals surface area (Å²) in [5.74, 6) is 0.384. The molecular weight excluding hydrogens is 384 g/mol. The maximum absolute atomic E-state index is 12.4. The number of esters is 1. The summed E-state index contributed by atoms with van der Waals surface area (Å²) < 4.78 is 16.2. The molecule has 1 aliphatic rings. The highest BCUT2D eigenvalue weighted by molar-refractivity contribution is 6.02. The summed E-state index contributed by atoms with van der Waals surface area (Å²) in [5.41, 5.74) is 2.11. The highest BCUT2D eigenvalue weighted by atomic mass is 16.5. The number of methoxy groups -OCH3 is 1. The molecule has 0 aliphatic carbocycles. The predicted molar refractivity (Wildman–Crippen MR) is 113 cm³/mol. The Labute approximate surface area is 176 Å². The van der Waals surface area contributed by atoms with Crippen molar-refractivity contribution in [2.24, 2.45) is 11.0 Å². The fourth-order valence-corrected chi connectivity index (χ4v) is 2.93. The number of ether oxygens (including phenoxy) is 3. The third-order valence-corrected chi connectivity index (χ3v) is 4.49. The lowest BCUT2D eigenvalue weighted by molar-refractivity contribution is -0.134. The van der Waals surface area contributed by atoms with Crippen LogP contribution in [0.1, 0.15) is 36.2 Å². The molecule has 0 N–H and O–H groups in total. The minimum atomic E-state index is -0.608. The van der Waals surface area contributed by atoms with Crippen LogP contribution in [0.4, 0.5) is 0 Å². The van der Waals surface area contributed by atoms with Gasteiger partial charge in [-0.1, -0.05) is 44.2 Å². The SMILES string of the molecule is COc1cc(C(=O)OCC(=O)N2CCC(c3ccccc3)=N2)ccc1OCC(C)C. The van der Waals surface area contributed by atoms with Gasteiger partial charge in [0.15, 0.2) is 18.1 Å². The first-order chi connectivity index (χ1) is 14.5. The number of hydrogen-bond donors (Lipinski definition) is 0. The molecule has 30 heavy (non-hydrogen) atoms. The van der Waals surface area contributed by atoms with Crippen molar-refractivity contribution in [3.63, 3.8) is 0 Å². The second-order valence-electron chi connectivity index (χ2n) is 7.33. The fourth-order valence-electron chi connectivity index (χ4n) is 2.93. The number of benzene rings is 2. The summed E-state index contributed by atoms with van der Waals surface area (Å²) in [6.45, 7) is 4.72. The van der Waals surface area contributed by atoms with Gasteiger partial charge in [-0.3, -0.25) is 4.79 Å². The van der Waals surface area contributed by atoms with Crippen LogP contribution in [-0.2, 0) is 9.53 Å². The standard InChI is InChI=1S/C23H26N2O5/c1-16(2)14-29-20-10-9-18(13-21(20)28-3)23(27)30-15-22(26)25-12-11-19(24-25)17-7-5-4-6-8-17/h4-10,13,16H,11-12,14-15H2,1-3H3. The van der Waals surface area contributed by atoms with E-state index < -0.39 is 5.97 Å². The van der Waals surface area contributed by atoms with E-state index in [1.165, 1.54) is 12.1 Å². The van der Waals surface area contributed by atoms with Gasteiger partial charge in [0.1, 0.15) is 0 Å². The van der Waals surface area contributed by atoms with Gasteiger partial charge in [-0.25, -0.2) is 9.80 Å². The molecule has 0 bridgehead atoms. The number of hydrogen-bond acceptors (Lipinski definition) is 6. The van der Waals surface area contributed by atoms with Crippen LogP contribution in [-0.4, -0.2) is 49.5 Å². The number of carbonyl (C=O) groups is 2. The molecule has 1 aliphatic heterocycles. The van der Waals surface area contributed by atoms with E-state index >= 15 is 0 Å². The van der Waals surface area contributed by atoms with E-state index in [1.54, 1.807) is 18.2 Å². The smallest absolute Gasteiger partial charge is 0.338 e. The first kappa shape index (κ1) is 21.4. The quantitative estimate of drug-likeness (QED) is 0.622. The Balaban J connectivity index is 1.57. The lowest BCUT2D eigenvalue weighted by Gasteiger charge is -2.14. The highest BCUT2D eigenvalue weighted by Gasteiger charge is 2.23. The molecule has 0 fully saturated rings. The second kappa shape index (κ2) is 9.91. The largest absolute Gasteiger partial charge is 0.493 e. The van der Waals surface area contributed by atoms with E-state index in [4.69, 9.17) is 14.2 Å². The van der Waals surface area contributed by atoms with Crippen molar-refractivity contribution in [3.05, 3.63) is 59.7 Å². The average molecular weight is 410 g/mol. The number of nitrogens with zero attached hydrogens (tertiary/aromatic N) is 2. The molecule has 0 spiro atoms. The molecule has 0 atom stereocenters. The molecule has 7 heteroatoms. The van der Waals surface area contributed by atoms with Crippen LogP contribution in [0.25, 0.3) is 0 Å². The van der Waals surface area contributed by atoms with Crippen molar-refractivity contribution in [3.8, 4) is 11.5 Å². The van der Waals surface area contributed by atoms with Gasteiger partial charge in [0.05, 0.1) is 31.5 Å². The van der Waals surface area contributed by atoms with Crippen molar-refractivity contribution < 1.29 is 23.8 Å². The summed E-state index contributed by atoms with van der Waals surface area (Å²) in [4.78, 5) is 24.8. The fraction of sp³-hybridized carbons (Fsp3) is 0.348. The maximum Gasteiger partial charge on any atom is 0.338 e. The summed E-state index contributed by atoms with van der Waals surface area (Å²) >= 11 is 0. The molecule has 1 heterocycles. The zero-order valence-electron chi connectivity index (χ0n) is 17.5. The Morgan fingerprint density at radius 3 is 2.57 bits per heavy atom. The Bertz CT molecular complexity index is 924. The maximum atomic E-state index is 12.4. The molecule has 1 amide bonds. The van der Waals surface area contributed by atoms with Crippen LogP contribution in [0.15, 0.2) is 53.6 Å². The van der Waals surface area contributed by atoms with Crippen LogP contribution < -0.4 is 9.47 Å². The molecule has 158 valence electrons. The van der Waals surface area contributed by atoms with Gasteiger partial charge in [0, 0.05) is 6.42 Å². The zero-order valence-corrected chi connectivity index (χ0v) is 17.5. The third kappa shape index (κ3) is 5.37. The van der Waals surface area contributed by atoms with Crippen LogP contribution in [0.5, 0.6) is 11.5 Å². The highest BCUT2D eigenvalue weighted by Crippen LogP contribution is 2.28. The van der Waals surface area contributed by atoms with Crippen LogP contribution in [0.2, 0.25) is 0 Å². The van der Waals surface area contributed by atoms with Gasteiger partial charge < -0.3 is 14.2 Å². The van der Waals surface area contributed by atoms with Crippen molar-refractivity contribution in [1.82, 2.24) is 5.01 Å². The summed E-state index contributed by atoms with van der Waals surface area (Å²) in [6.07, 6.45) is 0.665. The molecule has 0 radical (unpaired) electrons. The normalized spacial score (nSPS) is 13.2. The van der Waals surface area contributed by atoms with Crippen molar-refractivity contribution in [2.75, 3.05) is 26.9 Å². The lowest BCUT2D eigenvalue weighted by atomic mass is 10.1. The van der Waals surface area contributed by atoms with Crippen LogP contribution in [0.3, 0.4) is 0 Å². The van der Waals surface area contributed by atoms with E-state index in [-0.39, 0.29) is 18.1 Å². The number of amides is 1. The minimum Gasteiger partial charge on any atom is -0.493 e. The third-order valence-electron chi connectivity index (χ3n) is 4.49. The van der Waals surface area contributed by atoms with Crippen molar-refractivity contribution in [1.29, 1.82) is 0 Å². The molecular formula is C23H26N2O5. The van der Waals surface area contributed by atoms with E-state index in [9.17, 15) is 9.59 Å². The summed E-state index contributed by atoms with van der Waals surface area (Å²) in [7, 11) is 1.51. The van der Waals surface area contributed by atoms with Gasteiger partial charge in [0.25, 0.3) is 5.91 Å². The van der Waals surface area contributed by atoms with Gasteiger partial charge in [-0.15, -0.1) is 0 Å². The van der Waals surface area contributed by atoms with Gasteiger partial charge in [0.2, 0.25) is 0 Å². The predicted octanol–water partition coefficient (Wildman–Crippen LogP) is 3.52. The van der Waals surface area contributed by atoms with Gasteiger partial charge in [-0.2, -0.15) is 5.10 Å². The van der Waals surface area contributed by atoms with Gasteiger partial charge in [-0.05, 0) is 29.7 Å². The first-order valence-electron chi connectivity index (χ1n) is 9.89. The Morgan fingerprint density at radius 2 is 1.87 bits per heavy atom.